The van der Waals surface area contributed by atoms with Crippen molar-refractivity contribution in [1.82, 2.24) is 20.0 Å². The van der Waals surface area contributed by atoms with Gasteiger partial charge in [0.05, 0.1) is 36.9 Å². The van der Waals surface area contributed by atoms with Gasteiger partial charge in [-0.05, 0) is 18.2 Å². The molecule has 1 atom stereocenters. The highest BCUT2D eigenvalue weighted by Crippen LogP contribution is 2.29. The van der Waals surface area contributed by atoms with Gasteiger partial charge in [0.2, 0.25) is 5.88 Å². The first-order valence-electron chi connectivity index (χ1n) is 9.71. The Kier molecular flexibility index (Phi) is 4.80. The molecule has 8 nitrogen and oxygen atoms in total. The predicted octanol–water partition coefficient (Wildman–Crippen LogP) is 2.11. The van der Waals surface area contributed by atoms with Gasteiger partial charge in [-0.25, -0.2) is 9.97 Å². The summed E-state index contributed by atoms with van der Waals surface area (Å²) in [4.78, 5) is 13.5. The zero-order valence-electron chi connectivity index (χ0n) is 15.7. The van der Waals surface area contributed by atoms with Crippen LogP contribution in [0, 0.1) is 0 Å². The average molecular weight is 381 g/mol. The van der Waals surface area contributed by atoms with E-state index < -0.39 is 0 Å². The van der Waals surface area contributed by atoms with E-state index in [-0.39, 0.29) is 6.10 Å². The van der Waals surface area contributed by atoms with Crippen LogP contribution >= 0.6 is 0 Å². The van der Waals surface area contributed by atoms with Crippen molar-refractivity contribution in [1.29, 1.82) is 0 Å². The Hall–Kier alpha value is -2.71. The number of anilines is 1. The van der Waals surface area contributed by atoms with Crippen LogP contribution < -0.4 is 9.64 Å². The molecule has 0 aliphatic carbocycles. The molecule has 0 bridgehead atoms. The molecule has 1 unspecified atom stereocenters. The molecule has 28 heavy (non-hydrogen) atoms. The van der Waals surface area contributed by atoms with Crippen LogP contribution in [-0.4, -0.2) is 65.5 Å². The maximum atomic E-state index is 6.09. The normalized spacial score (nSPS) is 20.7. The van der Waals surface area contributed by atoms with E-state index in [2.05, 4.69) is 37.1 Å². The third-order valence-electron chi connectivity index (χ3n) is 5.36. The molecule has 146 valence electrons. The summed E-state index contributed by atoms with van der Waals surface area (Å²) in [6.45, 7) is 6.05. The van der Waals surface area contributed by atoms with E-state index in [9.17, 15) is 0 Å². The molecule has 2 saturated heterocycles. The van der Waals surface area contributed by atoms with E-state index in [0.29, 0.717) is 12.5 Å². The average Bonchev–Trinajstić information content (AvgIpc) is 3.43. The lowest BCUT2D eigenvalue weighted by Gasteiger charge is -2.35. The van der Waals surface area contributed by atoms with Gasteiger partial charge in [0.15, 0.2) is 5.76 Å². The quantitative estimate of drug-likeness (QED) is 0.665. The van der Waals surface area contributed by atoms with Crippen molar-refractivity contribution in [2.45, 2.75) is 19.1 Å². The van der Waals surface area contributed by atoms with E-state index in [0.717, 1.165) is 62.4 Å². The minimum atomic E-state index is 0.0707. The highest BCUT2D eigenvalue weighted by Gasteiger charge is 2.21. The van der Waals surface area contributed by atoms with Crippen LogP contribution in [0.2, 0.25) is 0 Å². The lowest BCUT2D eigenvalue weighted by atomic mass is 10.2. The first kappa shape index (κ1) is 17.4. The number of hydrogen-bond donors (Lipinski definition) is 0. The van der Waals surface area contributed by atoms with Gasteiger partial charge in [0.25, 0.3) is 0 Å². The second-order valence-electron chi connectivity index (χ2n) is 7.23. The van der Waals surface area contributed by atoms with Crippen LogP contribution in [0.25, 0.3) is 10.9 Å². The van der Waals surface area contributed by atoms with Crippen LogP contribution in [-0.2, 0) is 11.3 Å². The number of nitrogens with zero attached hydrogens (tertiary/aromatic N) is 5. The van der Waals surface area contributed by atoms with Crippen molar-refractivity contribution in [3.05, 3.63) is 42.5 Å². The summed E-state index contributed by atoms with van der Waals surface area (Å²) in [6, 6.07) is 8.24. The molecular formula is C20H23N5O3. The van der Waals surface area contributed by atoms with Crippen LogP contribution in [0.15, 0.2) is 41.3 Å². The third kappa shape index (κ3) is 3.65. The van der Waals surface area contributed by atoms with Crippen LogP contribution in [0.1, 0.15) is 12.2 Å². The maximum absolute atomic E-state index is 6.09. The van der Waals surface area contributed by atoms with Crippen molar-refractivity contribution in [2.75, 3.05) is 44.3 Å². The molecule has 2 aromatic heterocycles. The zero-order chi connectivity index (χ0) is 18.8. The van der Waals surface area contributed by atoms with Crippen molar-refractivity contribution in [3.8, 4) is 5.88 Å². The number of rotatable bonds is 5. The molecule has 4 heterocycles. The Balaban J connectivity index is 1.30. The molecule has 2 aliphatic heterocycles. The second-order valence-corrected chi connectivity index (χ2v) is 7.23. The summed E-state index contributed by atoms with van der Waals surface area (Å²) in [7, 11) is 0. The minimum Gasteiger partial charge on any atom is -0.471 e. The summed E-state index contributed by atoms with van der Waals surface area (Å²) < 4.78 is 16.7. The molecule has 2 aliphatic rings. The fourth-order valence-corrected chi connectivity index (χ4v) is 3.78. The first-order chi connectivity index (χ1) is 13.8. The topological polar surface area (TPSA) is 76.8 Å². The summed E-state index contributed by atoms with van der Waals surface area (Å²) in [6.07, 6.45) is 4.23. The van der Waals surface area contributed by atoms with Gasteiger partial charge in [-0.3, -0.25) is 4.90 Å². The highest BCUT2D eigenvalue weighted by molar-refractivity contribution is 5.86. The monoisotopic (exact) mass is 381 g/mol. The van der Waals surface area contributed by atoms with Crippen molar-refractivity contribution in [2.24, 2.45) is 0 Å². The lowest BCUT2D eigenvalue weighted by molar-refractivity contribution is 0.139. The molecule has 2 fully saturated rings. The molecule has 3 aromatic rings. The Morgan fingerprint density at radius 2 is 2.04 bits per heavy atom. The molecule has 0 amide bonds. The summed E-state index contributed by atoms with van der Waals surface area (Å²) in [5.41, 5.74) is 2.07. The van der Waals surface area contributed by atoms with E-state index in [1.807, 2.05) is 12.1 Å². The second kappa shape index (κ2) is 7.73. The van der Waals surface area contributed by atoms with Gasteiger partial charge in [-0.2, -0.15) is 0 Å². The maximum Gasteiger partial charge on any atom is 0.224 e. The fraction of sp³-hybridized carbons (Fsp3) is 0.450. The van der Waals surface area contributed by atoms with Crippen molar-refractivity contribution >= 4 is 16.6 Å². The Morgan fingerprint density at radius 1 is 1.11 bits per heavy atom. The fourth-order valence-electron chi connectivity index (χ4n) is 3.78. The lowest BCUT2D eigenvalue weighted by Crippen LogP contribution is -2.45. The minimum absolute atomic E-state index is 0.0707. The number of aromatic nitrogens is 3. The van der Waals surface area contributed by atoms with Gasteiger partial charge in [0, 0.05) is 44.4 Å². The summed E-state index contributed by atoms with van der Waals surface area (Å²) >= 11 is 0. The summed E-state index contributed by atoms with van der Waals surface area (Å²) in [5, 5.41) is 4.73. The summed E-state index contributed by atoms with van der Waals surface area (Å²) in [5.74, 6) is 1.56. The molecule has 0 saturated carbocycles. The Morgan fingerprint density at radius 3 is 2.82 bits per heavy atom. The molecular weight excluding hydrogens is 358 g/mol. The van der Waals surface area contributed by atoms with Crippen LogP contribution in [0.4, 0.5) is 5.69 Å². The number of benzene rings is 1. The van der Waals surface area contributed by atoms with Gasteiger partial charge in [-0.15, -0.1) is 0 Å². The number of piperazine rings is 1. The molecule has 0 spiro atoms. The zero-order valence-corrected chi connectivity index (χ0v) is 15.7. The standard InChI is InChI=1S/C20H23N5O3/c1-2-19-18(20(22-14-21-19)27-17-4-10-26-13-17)11-15(1)25-8-6-24(7-9-25)12-16-3-5-23-28-16/h1-3,5,11,14,17H,4,6-10,12-13H2. The molecule has 0 N–H and O–H groups in total. The predicted molar refractivity (Wildman–Crippen MR) is 103 cm³/mol. The third-order valence-corrected chi connectivity index (χ3v) is 5.36. The molecule has 0 radical (unpaired) electrons. The number of hydrogen-bond acceptors (Lipinski definition) is 8. The van der Waals surface area contributed by atoms with E-state index in [4.69, 9.17) is 14.0 Å². The van der Waals surface area contributed by atoms with E-state index in [1.54, 1.807) is 12.5 Å². The Labute approximate surface area is 163 Å². The van der Waals surface area contributed by atoms with Crippen LogP contribution in [0.3, 0.4) is 0 Å². The highest BCUT2D eigenvalue weighted by atomic mass is 16.5. The number of ether oxygens (including phenoxy) is 2. The van der Waals surface area contributed by atoms with E-state index in [1.165, 1.54) is 5.69 Å². The first-order valence-corrected chi connectivity index (χ1v) is 9.71. The van der Waals surface area contributed by atoms with Crippen molar-refractivity contribution < 1.29 is 14.0 Å². The molecule has 5 rings (SSSR count). The van der Waals surface area contributed by atoms with Gasteiger partial charge in [0.1, 0.15) is 12.4 Å². The van der Waals surface area contributed by atoms with Gasteiger partial charge >= 0.3 is 0 Å². The Bertz CT molecular complexity index is 919. The van der Waals surface area contributed by atoms with Gasteiger partial charge in [-0.1, -0.05) is 5.16 Å². The SMILES string of the molecule is c1cc(CN2CCN(c3ccc4ncnc(OC5CCOC5)c4c3)CC2)on1. The largest absolute Gasteiger partial charge is 0.471 e. The number of fused-ring (bicyclic) bond motifs is 1. The van der Waals surface area contributed by atoms with Crippen molar-refractivity contribution in [3.63, 3.8) is 0 Å². The van der Waals surface area contributed by atoms with E-state index >= 15 is 0 Å². The smallest absolute Gasteiger partial charge is 0.224 e. The molecule has 1 aromatic carbocycles. The molecule has 8 heteroatoms. The van der Waals surface area contributed by atoms with Crippen LogP contribution in [0.5, 0.6) is 5.88 Å². The van der Waals surface area contributed by atoms with Gasteiger partial charge < -0.3 is 18.9 Å².